The molecule has 2 N–H and O–H groups in total. The molecule has 7 heteroatoms. The fraction of sp³-hybridized carbons (Fsp3) is 0.188. The third kappa shape index (κ3) is 3.05. The Balaban J connectivity index is 2.72. The van der Waals surface area contributed by atoms with Crippen LogP contribution in [0.5, 0.6) is 0 Å². The van der Waals surface area contributed by atoms with Gasteiger partial charge in [-0.1, -0.05) is 18.2 Å². The maximum Gasteiger partial charge on any atom is 0.223 e. The van der Waals surface area contributed by atoms with Crippen LogP contribution in [0.1, 0.15) is 5.56 Å². The molecule has 2 rings (SSSR count). The highest BCUT2D eigenvalue weighted by atomic mass is 19.2. The lowest BCUT2D eigenvalue weighted by Crippen LogP contribution is -2.38. The summed E-state index contributed by atoms with van der Waals surface area (Å²) in [6, 6.07) is 6.45. The fourth-order valence-corrected chi connectivity index (χ4v) is 2.57. The molecule has 0 aliphatic heterocycles. The molecule has 0 atom stereocenters. The summed E-state index contributed by atoms with van der Waals surface area (Å²) >= 11 is 0. The lowest BCUT2D eigenvalue weighted by Gasteiger charge is -2.31. The summed E-state index contributed by atoms with van der Waals surface area (Å²) in [5, 5.41) is 0. The zero-order valence-corrected chi connectivity index (χ0v) is 12.5. The second kappa shape index (κ2) is 6.00. The highest BCUT2D eigenvalue weighted by Crippen LogP contribution is 2.38. The van der Waals surface area contributed by atoms with Crippen molar-refractivity contribution < 1.29 is 22.4 Å². The number of rotatable bonds is 4. The van der Waals surface area contributed by atoms with Crippen molar-refractivity contribution in [3.63, 3.8) is 0 Å². The van der Waals surface area contributed by atoms with Gasteiger partial charge in [0.05, 0.1) is 20.5 Å². The van der Waals surface area contributed by atoms with Crippen LogP contribution in [0.25, 0.3) is 0 Å². The van der Waals surface area contributed by atoms with Gasteiger partial charge in [-0.2, -0.15) is 8.78 Å². The van der Waals surface area contributed by atoms with Gasteiger partial charge in [-0.25, -0.2) is 8.78 Å². The molecule has 2 aromatic rings. The third-order valence-corrected chi connectivity index (χ3v) is 3.61. The van der Waals surface area contributed by atoms with Crippen LogP contribution in [-0.2, 0) is 11.2 Å². The molecule has 122 valence electrons. The molecule has 3 nitrogen and oxygen atoms in total. The van der Waals surface area contributed by atoms with Crippen LogP contribution in [0.3, 0.4) is 0 Å². The van der Waals surface area contributed by atoms with Gasteiger partial charge in [0.1, 0.15) is 5.69 Å². The summed E-state index contributed by atoms with van der Waals surface area (Å²) in [5.74, 6) is -6.58. The molecule has 0 fully saturated rings. The largest absolute Gasteiger partial charge is 0.369 e. The number of hydrogen-bond acceptors (Lipinski definition) is 1. The van der Waals surface area contributed by atoms with E-state index in [9.17, 15) is 22.4 Å². The summed E-state index contributed by atoms with van der Waals surface area (Å²) in [6.45, 7) is 0. The number of quaternary nitrogens is 1. The molecular weight excluding hydrogens is 312 g/mol. The minimum atomic E-state index is -1.49. The molecule has 0 saturated heterocycles. The molecule has 0 aliphatic carbocycles. The number of amides is 1. The highest BCUT2D eigenvalue weighted by Gasteiger charge is 2.36. The summed E-state index contributed by atoms with van der Waals surface area (Å²) < 4.78 is 54.7. The van der Waals surface area contributed by atoms with Crippen molar-refractivity contribution in [1.82, 2.24) is 4.48 Å². The maximum absolute atomic E-state index is 14.1. The molecule has 0 aliphatic rings. The molecule has 0 radical (unpaired) electrons. The van der Waals surface area contributed by atoms with Crippen LogP contribution in [0.2, 0.25) is 0 Å². The Morgan fingerprint density at radius 2 is 1.57 bits per heavy atom. The first kappa shape index (κ1) is 17.0. The first-order valence-electron chi connectivity index (χ1n) is 6.70. The van der Waals surface area contributed by atoms with Crippen molar-refractivity contribution in [3.05, 3.63) is 59.2 Å². The Kier molecular flexibility index (Phi) is 4.42. The van der Waals surface area contributed by atoms with E-state index in [0.717, 1.165) is 0 Å². The molecular formula is C16H15F4N2O+. The van der Waals surface area contributed by atoms with E-state index in [1.165, 1.54) is 20.2 Å². The maximum atomic E-state index is 14.1. The van der Waals surface area contributed by atoms with Gasteiger partial charge in [-0.05, 0) is 6.07 Å². The quantitative estimate of drug-likeness (QED) is 0.523. The topological polar surface area (TPSA) is 43.1 Å². The number of nitrogens with two attached hydrogens (primary N) is 1. The molecule has 0 bridgehead atoms. The zero-order chi connectivity index (χ0) is 17.4. The second-order valence-electron chi connectivity index (χ2n) is 5.54. The van der Waals surface area contributed by atoms with Crippen LogP contribution < -0.4 is 10.2 Å². The molecule has 0 saturated carbocycles. The van der Waals surface area contributed by atoms with E-state index in [0.29, 0.717) is 11.3 Å². The number of benzene rings is 2. The SMILES string of the molecule is C[N+](C)(c1ccccc1CC(N)=O)c1c(F)c(F)cc(F)c1F. The molecule has 23 heavy (non-hydrogen) atoms. The lowest BCUT2D eigenvalue weighted by atomic mass is 10.1. The Bertz CT molecular complexity index is 749. The highest BCUT2D eigenvalue weighted by molar-refractivity contribution is 5.79. The van der Waals surface area contributed by atoms with E-state index in [-0.39, 0.29) is 12.5 Å². The molecule has 1 amide bonds. The molecule has 2 aromatic carbocycles. The van der Waals surface area contributed by atoms with Crippen LogP contribution in [0.15, 0.2) is 30.3 Å². The van der Waals surface area contributed by atoms with Crippen molar-refractivity contribution in [1.29, 1.82) is 0 Å². The van der Waals surface area contributed by atoms with Crippen molar-refractivity contribution in [3.8, 4) is 0 Å². The zero-order valence-electron chi connectivity index (χ0n) is 12.5. The smallest absolute Gasteiger partial charge is 0.223 e. The monoisotopic (exact) mass is 327 g/mol. The predicted molar refractivity (Wildman–Crippen MR) is 78.9 cm³/mol. The number of para-hydroxylation sites is 1. The number of hydrogen-bond donors (Lipinski definition) is 1. The van der Waals surface area contributed by atoms with Gasteiger partial charge < -0.3 is 5.73 Å². The molecule has 0 unspecified atom stereocenters. The van der Waals surface area contributed by atoms with E-state index in [4.69, 9.17) is 5.73 Å². The van der Waals surface area contributed by atoms with Gasteiger partial charge in [-0.3, -0.25) is 9.28 Å². The first-order chi connectivity index (χ1) is 10.7. The van der Waals surface area contributed by atoms with Gasteiger partial charge in [0.2, 0.25) is 23.2 Å². The van der Waals surface area contributed by atoms with E-state index in [2.05, 4.69) is 0 Å². The lowest BCUT2D eigenvalue weighted by molar-refractivity contribution is -0.117. The summed E-state index contributed by atoms with van der Waals surface area (Å²) in [6.07, 6.45) is -0.168. The number of carbonyl (C=O) groups is 1. The second-order valence-corrected chi connectivity index (χ2v) is 5.54. The summed E-state index contributed by atoms with van der Waals surface area (Å²) in [5.41, 5.74) is 5.09. The van der Waals surface area contributed by atoms with Gasteiger partial charge >= 0.3 is 0 Å². The predicted octanol–water partition coefficient (Wildman–Crippen LogP) is 3.17. The Labute approximate surface area is 130 Å². The molecule has 0 aromatic heterocycles. The normalized spacial score (nSPS) is 11.6. The van der Waals surface area contributed by atoms with Crippen LogP contribution in [-0.4, -0.2) is 20.0 Å². The standard InChI is InChI=1S/C16H14F4N2O/c1-22(2,12-6-4-3-5-9(12)7-13(21)23)16-14(19)10(17)8-11(18)15(16)20/h3-6,8H,7H2,1-2H3,(H-,21,23)/p+1. The Morgan fingerprint density at radius 3 is 2.09 bits per heavy atom. The van der Waals surface area contributed by atoms with Gasteiger partial charge in [0, 0.05) is 11.6 Å². The van der Waals surface area contributed by atoms with Gasteiger partial charge in [-0.15, -0.1) is 0 Å². The van der Waals surface area contributed by atoms with E-state index in [1.54, 1.807) is 18.2 Å². The van der Waals surface area contributed by atoms with Gasteiger partial charge in [0.15, 0.2) is 11.6 Å². The minimum Gasteiger partial charge on any atom is -0.369 e. The van der Waals surface area contributed by atoms with Crippen molar-refractivity contribution in [2.75, 3.05) is 14.1 Å². The number of primary amides is 1. The van der Waals surface area contributed by atoms with E-state index < -0.39 is 39.3 Å². The van der Waals surface area contributed by atoms with Crippen molar-refractivity contribution in [2.45, 2.75) is 6.42 Å². The Morgan fingerprint density at radius 1 is 1.04 bits per heavy atom. The first-order valence-corrected chi connectivity index (χ1v) is 6.70. The Hall–Kier alpha value is -2.41. The molecule has 0 heterocycles. The summed E-state index contributed by atoms with van der Waals surface area (Å²) in [7, 11) is 2.72. The average Bonchev–Trinajstić information content (AvgIpc) is 2.45. The third-order valence-electron chi connectivity index (χ3n) is 3.61. The molecule has 0 spiro atoms. The van der Waals surface area contributed by atoms with Crippen LogP contribution in [0, 0.1) is 23.3 Å². The number of carbonyl (C=O) groups excluding carboxylic acids is 1. The van der Waals surface area contributed by atoms with E-state index in [1.807, 2.05) is 0 Å². The van der Waals surface area contributed by atoms with Crippen LogP contribution in [0.4, 0.5) is 28.9 Å². The van der Waals surface area contributed by atoms with Gasteiger partial charge in [0.25, 0.3) is 0 Å². The van der Waals surface area contributed by atoms with Crippen molar-refractivity contribution in [2.24, 2.45) is 5.73 Å². The summed E-state index contributed by atoms with van der Waals surface area (Å²) in [4.78, 5) is 11.2. The average molecular weight is 327 g/mol. The number of nitrogens with zero attached hydrogens (tertiary/aromatic N) is 1. The van der Waals surface area contributed by atoms with Crippen LogP contribution >= 0.6 is 0 Å². The fourth-order valence-electron chi connectivity index (χ4n) is 2.57. The minimum absolute atomic E-state index is 0.156. The van der Waals surface area contributed by atoms with Crippen molar-refractivity contribution >= 4 is 17.3 Å². The number of halogens is 4. The van der Waals surface area contributed by atoms with E-state index >= 15 is 0 Å².